The van der Waals surface area contributed by atoms with Crippen LogP contribution in [0, 0.1) is 0 Å². The van der Waals surface area contributed by atoms with Gasteiger partial charge >= 0.3 is 0 Å². The number of aryl methyl sites for hydroxylation is 2. The van der Waals surface area contributed by atoms with Crippen LogP contribution in [0.1, 0.15) is 34.3 Å². The summed E-state index contributed by atoms with van der Waals surface area (Å²) in [5, 5.41) is 6.12. The fraction of sp³-hybridized carbons (Fsp3) is 0.261. The first-order valence-electron chi connectivity index (χ1n) is 9.73. The third kappa shape index (κ3) is 6.50. The molecule has 2 N–H and O–H groups in total. The molecule has 0 fully saturated rings. The Kier molecular flexibility index (Phi) is 7.56. The molecule has 5 nitrogen and oxygen atoms in total. The maximum atomic E-state index is 12.2. The van der Waals surface area contributed by atoms with Gasteiger partial charge in [-0.25, -0.2) is 9.97 Å². The molecule has 144 valence electrons. The minimum Gasteiger partial charge on any atom is -0.354 e. The molecule has 0 saturated heterocycles. The number of benzene rings is 2. The van der Waals surface area contributed by atoms with Gasteiger partial charge in [-0.3, -0.25) is 4.79 Å². The van der Waals surface area contributed by atoms with Crippen molar-refractivity contribution in [3.05, 3.63) is 89.7 Å². The van der Waals surface area contributed by atoms with E-state index in [0.717, 1.165) is 32.2 Å². The number of anilines is 1. The van der Waals surface area contributed by atoms with Crippen LogP contribution in [0.25, 0.3) is 0 Å². The summed E-state index contributed by atoms with van der Waals surface area (Å²) in [5.74, 6) is 0.414. The molecule has 0 bridgehead atoms. The Balaban J connectivity index is 1.34. The van der Waals surface area contributed by atoms with E-state index in [4.69, 9.17) is 0 Å². The predicted molar refractivity (Wildman–Crippen MR) is 112 cm³/mol. The van der Waals surface area contributed by atoms with E-state index in [1.807, 2.05) is 24.3 Å². The van der Waals surface area contributed by atoms with Crippen molar-refractivity contribution in [2.75, 3.05) is 18.4 Å². The van der Waals surface area contributed by atoms with Crippen LogP contribution >= 0.6 is 0 Å². The van der Waals surface area contributed by atoms with Crippen molar-refractivity contribution in [1.29, 1.82) is 0 Å². The second-order valence-electron chi connectivity index (χ2n) is 6.66. The summed E-state index contributed by atoms with van der Waals surface area (Å²) < 4.78 is 0. The lowest BCUT2D eigenvalue weighted by atomic mass is 10.1. The van der Waals surface area contributed by atoms with Crippen molar-refractivity contribution in [2.45, 2.75) is 25.7 Å². The van der Waals surface area contributed by atoms with E-state index in [-0.39, 0.29) is 5.91 Å². The summed E-state index contributed by atoms with van der Waals surface area (Å²) in [6, 6.07) is 20.7. The lowest BCUT2D eigenvalue weighted by Crippen LogP contribution is -2.25. The van der Waals surface area contributed by atoms with E-state index in [1.165, 1.54) is 11.1 Å². The third-order valence-electron chi connectivity index (χ3n) is 4.45. The summed E-state index contributed by atoms with van der Waals surface area (Å²) in [6.45, 7) is 1.42. The number of aromatic nitrogens is 2. The van der Waals surface area contributed by atoms with Crippen LogP contribution in [-0.4, -0.2) is 29.0 Å². The summed E-state index contributed by atoms with van der Waals surface area (Å²) in [7, 11) is 0. The van der Waals surface area contributed by atoms with Gasteiger partial charge in [0.05, 0.1) is 5.56 Å². The van der Waals surface area contributed by atoms with Gasteiger partial charge in [0.25, 0.3) is 5.91 Å². The summed E-state index contributed by atoms with van der Waals surface area (Å²) in [6.07, 6.45) is 6.99. The van der Waals surface area contributed by atoms with E-state index >= 15 is 0 Å². The average Bonchev–Trinajstić information content (AvgIpc) is 2.76. The van der Waals surface area contributed by atoms with Crippen molar-refractivity contribution in [2.24, 2.45) is 0 Å². The number of nitrogens with zero attached hydrogens (tertiary/aromatic N) is 2. The maximum Gasteiger partial charge on any atom is 0.254 e. The van der Waals surface area contributed by atoms with Crippen LogP contribution in [0.15, 0.2) is 73.1 Å². The standard InChI is InChI=1S/C23H26N4O/c28-22(24-15-7-13-19-9-3-1-4-10-19)21-17-26-23(27-18-21)25-16-8-14-20-11-5-2-6-12-20/h1-6,9-12,17-18H,7-8,13-16H2,(H,24,28)(H,25,26,27). The Bertz CT molecular complexity index is 835. The van der Waals surface area contributed by atoms with Gasteiger partial charge in [0, 0.05) is 25.5 Å². The van der Waals surface area contributed by atoms with Gasteiger partial charge < -0.3 is 10.6 Å². The first-order valence-corrected chi connectivity index (χ1v) is 9.73. The summed E-state index contributed by atoms with van der Waals surface area (Å²) in [5.41, 5.74) is 3.09. The van der Waals surface area contributed by atoms with Crippen molar-refractivity contribution >= 4 is 11.9 Å². The van der Waals surface area contributed by atoms with Gasteiger partial charge in [0.1, 0.15) is 0 Å². The second kappa shape index (κ2) is 10.8. The zero-order valence-electron chi connectivity index (χ0n) is 16.0. The van der Waals surface area contributed by atoms with E-state index in [0.29, 0.717) is 18.1 Å². The first kappa shape index (κ1) is 19.5. The van der Waals surface area contributed by atoms with Crippen LogP contribution in [0.2, 0.25) is 0 Å². The highest BCUT2D eigenvalue weighted by Gasteiger charge is 2.06. The third-order valence-corrected chi connectivity index (χ3v) is 4.45. The Morgan fingerprint density at radius 3 is 1.86 bits per heavy atom. The minimum atomic E-state index is -0.135. The predicted octanol–water partition coefficient (Wildman–Crippen LogP) is 3.88. The van der Waals surface area contributed by atoms with E-state index in [9.17, 15) is 4.79 Å². The Morgan fingerprint density at radius 1 is 0.750 bits per heavy atom. The highest BCUT2D eigenvalue weighted by molar-refractivity contribution is 5.93. The zero-order chi connectivity index (χ0) is 19.4. The monoisotopic (exact) mass is 374 g/mol. The van der Waals surface area contributed by atoms with Gasteiger partial charge in [-0.05, 0) is 36.8 Å². The highest BCUT2D eigenvalue weighted by atomic mass is 16.1. The fourth-order valence-electron chi connectivity index (χ4n) is 2.92. The maximum absolute atomic E-state index is 12.2. The van der Waals surface area contributed by atoms with E-state index < -0.39 is 0 Å². The number of carbonyl (C=O) groups excluding carboxylic acids is 1. The molecule has 1 aromatic heterocycles. The average molecular weight is 374 g/mol. The lowest BCUT2D eigenvalue weighted by Gasteiger charge is -2.07. The molecule has 3 aromatic rings. The van der Waals surface area contributed by atoms with Gasteiger partial charge in [0.2, 0.25) is 5.95 Å². The second-order valence-corrected chi connectivity index (χ2v) is 6.66. The SMILES string of the molecule is O=C(NCCCc1ccccc1)c1cnc(NCCCc2ccccc2)nc1. The number of carbonyl (C=O) groups is 1. The molecule has 0 aliphatic carbocycles. The van der Waals surface area contributed by atoms with Crippen LogP contribution in [0.3, 0.4) is 0 Å². The number of hydrogen-bond acceptors (Lipinski definition) is 4. The van der Waals surface area contributed by atoms with E-state index in [1.54, 1.807) is 12.4 Å². The van der Waals surface area contributed by atoms with Crippen LogP contribution in [0.4, 0.5) is 5.95 Å². The van der Waals surface area contributed by atoms with Crippen LogP contribution in [-0.2, 0) is 12.8 Å². The van der Waals surface area contributed by atoms with Crippen LogP contribution < -0.4 is 10.6 Å². The molecule has 0 atom stereocenters. The Morgan fingerprint density at radius 2 is 1.29 bits per heavy atom. The van der Waals surface area contributed by atoms with E-state index in [2.05, 4.69) is 57.0 Å². The summed E-state index contributed by atoms with van der Waals surface area (Å²) in [4.78, 5) is 20.6. The molecule has 0 spiro atoms. The molecular formula is C23H26N4O. The molecular weight excluding hydrogens is 348 g/mol. The molecule has 0 aliphatic rings. The lowest BCUT2D eigenvalue weighted by molar-refractivity contribution is 0.0952. The van der Waals surface area contributed by atoms with Crippen molar-refractivity contribution in [3.8, 4) is 0 Å². The molecule has 3 rings (SSSR count). The van der Waals surface area contributed by atoms with Crippen molar-refractivity contribution < 1.29 is 4.79 Å². The minimum absolute atomic E-state index is 0.135. The molecule has 0 aliphatic heterocycles. The number of rotatable bonds is 10. The van der Waals surface area contributed by atoms with Crippen molar-refractivity contribution in [1.82, 2.24) is 15.3 Å². The fourth-order valence-corrected chi connectivity index (χ4v) is 2.92. The van der Waals surface area contributed by atoms with Crippen molar-refractivity contribution in [3.63, 3.8) is 0 Å². The molecule has 0 saturated carbocycles. The van der Waals surface area contributed by atoms with Gasteiger partial charge in [-0.15, -0.1) is 0 Å². The molecule has 1 amide bonds. The van der Waals surface area contributed by atoms with Crippen LogP contribution in [0.5, 0.6) is 0 Å². The molecule has 0 radical (unpaired) electrons. The normalized spacial score (nSPS) is 10.4. The van der Waals surface area contributed by atoms with Gasteiger partial charge in [-0.1, -0.05) is 60.7 Å². The highest BCUT2D eigenvalue weighted by Crippen LogP contribution is 2.05. The smallest absolute Gasteiger partial charge is 0.254 e. The first-order chi connectivity index (χ1) is 13.8. The quantitative estimate of drug-likeness (QED) is 0.529. The zero-order valence-corrected chi connectivity index (χ0v) is 16.0. The molecule has 1 heterocycles. The number of hydrogen-bond donors (Lipinski definition) is 2. The number of nitrogens with one attached hydrogen (secondary N) is 2. The van der Waals surface area contributed by atoms with Gasteiger partial charge in [0.15, 0.2) is 0 Å². The summed E-state index contributed by atoms with van der Waals surface area (Å²) >= 11 is 0. The Hall–Kier alpha value is -3.21. The number of amides is 1. The van der Waals surface area contributed by atoms with Gasteiger partial charge in [-0.2, -0.15) is 0 Å². The molecule has 5 heteroatoms. The Labute approximate surface area is 166 Å². The largest absolute Gasteiger partial charge is 0.354 e. The molecule has 28 heavy (non-hydrogen) atoms. The molecule has 0 unspecified atom stereocenters. The topological polar surface area (TPSA) is 66.9 Å². The molecule has 2 aromatic carbocycles.